The minimum absolute atomic E-state index is 0.0570. The van der Waals surface area contributed by atoms with Crippen LogP contribution in [-0.2, 0) is 0 Å². The van der Waals surface area contributed by atoms with Crippen molar-refractivity contribution in [2.45, 2.75) is 19.4 Å². The van der Waals surface area contributed by atoms with Crippen molar-refractivity contribution in [3.8, 4) is 17.6 Å². The molecule has 0 saturated heterocycles. The van der Waals surface area contributed by atoms with Crippen molar-refractivity contribution in [2.24, 2.45) is 0 Å². The van der Waals surface area contributed by atoms with E-state index in [1.807, 2.05) is 43.3 Å². The Balaban J connectivity index is 2.22. The maximum Gasteiger partial charge on any atom is 0.115 e. The van der Waals surface area contributed by atoms with Crippen molar-refractivity contribution in [2.75, 3.05) is 6.54 Å². The molecule has 0 spiro atoms. The van der Waals surface area contributed by atoms with Crippen LogP contribution in [0.3, 0.4) is 0 Å². The van der Waals surface area contributed by atoms with Crippen LogP contribution in [0.4, 0.5) is 0 Å². The van der Waals surface area contributed by atoms with Crippen LogP contribution in [0, 0.1) is 11.8 Å². The lowest BCUT2D eigenvalue weighted by atomic mass is 9.98. The number of phenols is 1. The maximum absolute atomic E-state index is 9.44. The van der Waals surface area contributed by atoms with Gasteiger partial charge in [-0.25, -0.2) is 0 Å². The van der Waals surface area contributed by atoms with Crippen LogP contribution in [0.15, 0.2) is 48.5 Å². The summed E-state index contributed by atoms with van der Waals surface area (Å²) in [6, 6.07) is 15.1. The molecule has 0 aliphatic carbocycles. The molecule has 0 aliphatic rings. The van der Waals surface area contributed by atoms with Crippen molar-refractivity contribution in [3.63, 3.8) is 0 Å². The van der Waals surface area contributed by atoms with Crippen molar-refractivity contribution in [1.29, 1.82) is 0 Å². The molecule has 2 nitrogen and oxygen atoms in total. The molecule has 1 atom stereocenters. The van der Waals surface area contributed by atoms with Crippen LogP contribution in [0.2, 0.25) is 5.02 Å². The second-order valence-electron chi connectivity index (χ2n) is 4.71. The summed E-state index contributed by atoms with van der Waals surface area (Å²) in [5.74, 6) is 6.22. The van der Waals surface area contributed by atoms with Crippen LogP contribution in [0.5, 0.6) is 5.75 Å². The van der Waals surface area contributed by atoms with Gasteiger partial charge >= 0.3 is 0 Å². The third kappa shape index (κ3) is 4.53. The van der Waals surface area contributed by atoms with E-state index in [0.29, 0.717) is 0 Å². The summed E-state index contributed by atoms with van der Waals surface area (Å²) in [5.41, 5.74) is 2.23. The molecular formula is C18H18ClNO. The van der Waals surface area contributed by atoms with Crippen molar-refractivity contribution >= 4 is 11.6 Å². The zero-order valence-electron chi connectivity index (χ0n) is 11.9. The Morgan fingerprint density at radius 2 is 1.62 bits per heavy atom. The minimum atomic E-state index is 0.0570. The first-order chi connectivity index (χ1) is 10.2. The molecule has 0 aromatic heterocycles. The van der Waals surface area contributed by atoms with E-state index in [4.69, 9.17) is 11.6 Å². The van der Waals surface area contributed by atoms with Crippen LogP contribution in [-0.4, -0.2) is 11.7 Å². The molecule has 2 aromatic rings. The molecular weight excluding hydrogens is 282 g/mol. The number of nitrogens with one attached hydrogen (secondary N) is 1. The van der Waals surface area contributed by atoms with E-state index in [0.717, 1.165) is 29.1 Å². The Bertz CT molecular complexity index is 578. The average Bonchev–Trinajstić information content (AvgIpc) is 2.50. The first kappa shape index (κ1) is 15.4. The first-order valence-corrected chi connectivity index (χ1v) is 7.26. The van der Waals surface area contributed by atoms with Gasteiger partial charge in [-0.05, 0) is 42.3 Å². The quantitative estimate of drug-likeness (QED) is 0.642. The Hall–Kier alpha value is -1.95. The minimum Gasteiger partial charge on any atom is -0.508 e. The zero-order valence-corrected chi connectivity index (χ0v) is 12.7. The Labute approximate surface area is 130 Å². The number of halogens is 1. The molecule has 0 saturated carbocycles. The Morgan fingerprint density at radius 3 is 2.19 bits per heavy atom. The van der Waals surface area contributed by atoms with Crippen LogP contribution in [0.25, 0.3) is 0 Å². The van der Waals surface area contributed by atoms with E-state index >= 15 is 0 Å². The largest absolute Gasteiger partial charge is 0.508 e. The van der Waals surface area contributed by atoms with Crippen molar-refractivity contribution in [3.05, 3.63) is 64.7 Å². The van der Waals surface area contributed by atoms with Gasteiger partial charge in [0.1, 0.15) is 5.75 Å². The van der Waals surface area contributed by atoms with Crippen LogP contribution >= 0.6 is 11.6 Å². The molecule has 0 fully saturated rings. The normalized spacial score (nSPS) is 11.5. The lowest BCUT2D eigenvalue weighted by Crippen LogP contribution is -2.23. The molecule has 0 aliphatic heterocycles. The summed E-state index contributed by atoms with van der Waals surface area (Å²) < 4.78 is 0. The van der Waals surface area contributed by atoms with E-state index in [2.05, 4.69) is 17.2 Å². The Morgan fingerprint density at radius 1 is 1.05 bits per heavy atom. The van der Waals surface area contributed by atoms with Gasteiger partial charge in [0.15, 0.2) is 0 Å². The van der Waals surface area contributed by atoms with Crippen LogP contribution in [0.1, 0.15) is 30.5 Å². The molecule has 0 radical (unpaired) electrons. The van der Waals surface area contributed by atoms with Gasteiger partial charge in [0.25, 0.3) is 0 Å². The van der Waals surface area contributed by atoms with Gasteiger partial charge in [0.05, 0.1) is 6.04 Å². The highest BCUT2D eigenvalue weighted by molar-refractivity contribution is 6.30. The van der Waals surface area contributed by atoms with E-state index in [-0.39, 0.29) is 11.8 Å². The van der Waals surface area contributed by atoms with E-state index in [1.165, 1.54) is 0 Å². The van der Waals surface area contributed by atoms with Gasteiger partial charge in [0, 0.05) is 18.0 Å². The highest BCUT2D eigenvalue weighted by Gasteiger charge is 2.13. The van der Waals surface area contributed by atoms with E-state index in [1.54, 1.807) is 12.1 Å². The summed E-state index contributed by atoms with van der Waals surface area (Å²) in [4.78, 5) is 0. The van der Waals surface area contributed by atoms with Gasteiger partial charge in [-0.2, -0.15) is 0 Å². The average molecular weight is 300 g/mol. The first-order valence-electron chi connectivity index (χ1n) is 6.88. The smallest absolute Gasteiger partial charge is 0.115 e. The second-order valence-corrected chi connectivity index (χ2v) is 5.14. The Kier molecular flexibility index (Phi) is 5.68. The van der Waals surface area contributed by atoms with Crippen LogP contribution < -0.4 is 5.32 Å². The third-order valence-electron chi connectivity index (χ3n) is 3.20. The van der Waals surface area contributed by atoms with Crippen molar-refractivity contribution in [1.82, 2.24) is 5.32 Å². The molecule has 0 heterocycles. The van der Waals surface area contributed by atoms with Gasteiger partial charge in [-0.1, -0.05) is 35.9 Å². The molecule has 0 bridgehead atoms. The summed E-state index contributed by atoms with van der Waals surface area (Å²) in [6.07, 6.45) is 0.804. The summed E-state index contributed by atoms with van der Waals surface area (Å²) in [5, 5.41) is 13.7. The fourth-order valence-corrected chi connectivity index (χ4v) is 2.28. The lowest BCUT2D eigenvalue weighted by Gasteiger charge is -2.19. The summed E-state index contributed by atoms with van der Waals surface area (Å²) >= 11 is 5.96. The lowest BCUT2D eigenvalue weighted by molar-refractivity contribution is 0.474. The molecule has 108 valence electrons. The molecule has 21 heavy (non-hydrogen) atoms. The molecule has 1 unspecified atom stereocenters. The van der Waals surface area contributed by atoms with E-state index < -0.39 is 0 Å². The summed E-state index contributed by atoms with van der Waals surface area (Å²) in [7, 11) is 0. The van der Waals surface area contributed by atoms with Gasteiger partial charge in [-0.3, -0.25) is 0 Å². The molecule has 2 aromatic carbocycles. The van der Waals surface area contributed by atoms with E-state index in [9.17, 15) is 5.11 Å². The van der Waals surface area contributed by atoms with Gasteiger partial charge < -0.3 is 10.4 Å². The van der Waals surface area contributed by atoms with Gasteiger partial charge in [-0.15, -0.1) is 11.8 Å². The molecule has 2 N–H and O–H groups in total. The number of aromatic hydroxyl groups is 1. The third-order valence-corrected chi connectivity index (χ3v) is 3.46. The fourth-order valence-electron chi connectivity index (χ4n) is 2.15. The predicted octanol–water partition coefficient (Wildman–Crippen LogP) is 4.14. The molecule has 0 amide bonds. The van der Waals surface area contributed by atoms with Gasteiger partial charge in [0.2, 0.25) is 0 Å². The highest BCUT2D eigenvalue weighted by Crippen LogP contribution is 2.25. The monoisotopic (exact) mass is 299 g/mol. The number of phenolic OH excluding ortho intramolecular Hbond substituents is 1. The molecule has 3 heteroatoms. The number of rotatable bonds is 5. The summed E-state index contributed by atoms with van der Waals surface area (Å²) in [6.45, 7) is 2.64. The fraction of sp³-hybridized carbons (Fsp3) is 0.222. The highest BCUT2D eigenvalue weighted by atomic mass is 35.5. The topological polar surface area (TPSA) is 32.3 Å². The molecule has 2 rings (SSSR count). The second kappa shape index (κ2) is 7.73. The standard InChI is InChI=1S/C18H18ClNO/c1-2-3-4-13-20-18(14-5-9-16(19)10-6-14)15-7-11-17(21)12-8-15/h5-12,18,20-21H,4,13H2,1H3. The maximum atomic E-state index is 9.44. The van der Waals surface area contributed by atoms with Crippen molar-refractivity contribution < 1.29 is 5.11 Å². The zero-order chi connectivity index (χ0) is 15.1. The number of benzene rings is 2. The number of hydrogen-bond acceptors (Lipinski definition) is 2. The SMILES string of the molecule is CC#CCCNC(c1ccc(O)cc1)c1ccc(Cl)cc1. The predicted molar refractivity (Wildman–Crippen MR) is 87.5 cm³/mol. The number of hydrogen-bond donors (Lipinski definition) is 2.